The largest absolute Gasteiger partial charge is 0.497 e. The topological polar surface area (TPSA) is 146 Å². The number of nitrogens with zero attached hydrogens (tertiary/aromatic N) is 2. The van der Waals surface area contributed by atoms with Crippen molar-refractivity contribution in [3.05, 3.63) is 79.7 Å². The van der Waals surface area contributed by atoms with Gasteiger partial charge in [-0.05, 0) is 18.2 Å². The molecule has 1 aliphatic rings. The van der Waals surface area contributed by atoms with E-state index in [2.05, 4.69) is 0 Å². The lowest BCUT2D eigenvalue weighted by Crippen LogP contribution is -2.35. The number of methoxy groups -OCH3 is 1. The van der Waals surface area contributed by atoms with Crippen LogP contribution in [0.5, 0.6) is 5.75 Å². The standard InChI is InChI=1S/C21H14N2O9/c1-30-12-5-6-13-11(7-17(24)32-16(13)8-12)10-31-18(25)9-22-20(26)14-3-2-4-15(23(28)29)19(14)21(22)27/h2-8H,9-10H2,1H3. The number of fused-ring (bicyclic) bond motifs is 2. The SMILES string of the molecule is COc1ccc2c(COC(=O)CN3C(=O)c4cccc([N+](=O)[O-])c4C3=O)cc(=O)oc2c1. The van der Waals surface area contributed by atoms with Gasteiger partial charge in [0.05, 0.1) is 17.6 Å². The van der Waals surface area contributed by atoms with Crippen molar-refractivity contribution >= 4 is 34.4 Å². The van der Waals surface area contributed by atoms with Gasteiger partial charge >= 0.3 is 11.6 Å². The summed E-state index contributed by atoms with van der Waals surface area (Å²) in [6.07, 6.45) is 0. The number of hydrogen-bond donors (Lipinski definition) is 0. The molecule has 2 heterocycles. The van der Waals surface area contributed by atoms with Crippen LogP contribution in [-0.2, 0) is 16.1 Å². The molecule has 32 heavy (non-hydrogen) atoms. The molecule has 11 nitrogen and oxygen atoms in total. The first-order valence-electron chi connectivity index (χ1n) is 9.20. The van der Waals surface area contributed by atoms with E-state index in [0.717, 1.165) is 12.1 Å². The maximum Gasteiger partial charge on any atom is 0.336 e. The van der Waals surface area contributed by atoms with Gasteiger partial charge in [0, 0.05) is 29.1 Å². The van der Waals surface area contributed by atoms with Crippen LogP contribution in [0.3, 0.4) is 0 Å². The first-order chi connectivity index (χ1) is 15.3. The first kappa shape index (κ1) is 20.7. The molecule has 0 radical (unpaired) electrons. The third-order valence-electron chi connectivity index (χ3n) is 4.89. The molecule has 4 rings (SSSR count). The third-order valence-corrected chi connectivity index (χ3v) is 4.89. The molecule has 2 amide bonds. The highest BCUT2D eigenvalue weighted by Crippen LogP contribution is 2.30. The van der Waals surface area contributed by atoms with Gasteiger partial charge in [0.2, 0.25) is 0 Å². The zero-order valence-electron chi connectivity index (χ0n) is 16.5. The number of hydrogen-bond acceptors (Lipinski definition) is 9. The average molecular weight is 438 g/mol. The number of benzene rings is 2. The molecule has 0 bridgehead atoms. The van der Waals surface area contributed by atoms with Gasteiger partial charge in [-0.3, -0.25) is 29.4 Å². The second kappa shape index (κ2) is 7.95. The number of nitro benzene ring substituents is 1. The van der Waals surface area contributed by atoms with Crippen LogP contribution in [0.2, 0.25) is 0 Å². The molecule has 0 aliphatic carbocycles. The molecule has 3 aromatic rings. The molecular weight excluding hydrogens is 424 g/mol. The maximum absolute atomic E-state index is 12.5. The van der Waals surface area contributed by atoms with Crippen molar-refractivity contribution in [2.45, 2.75) is 6.61 Å². The minimum absolute atomic E-state index is 0.155. The average Bonchev–Trinajstić information content (AvgIpc) is 3.01. The minimum Gasteiger partial charge on any atom is -0.497 e. The molecule has 0 N–H and O–H groups in total. The van der Waals surface area contributed by atoms with E-state index in [1.807, 2.05) is 0 Å². The third kappa shape index (κ3) is 3.55. The zero-order chi connectivity index (χ0) is 23.0. The van der Waals surface area contributed by atoms with Crippen molar-refractivity contribution < 1.29 is 33.2 Å². The Labute approximate surface area is 178 Å². The first-order valence-corrected chi connectivity index (χ1v) is 9.20. The van der Waals surface area contributed by atoms with E-state index < -0.39 is 40.6 Å². The smallest absolute Gasteiger partial charge is 0.336 e. The van der Waals surface area contributed by atoms with Crippen molar-refractivity contribution in [2.24, 2.45) is 0 Å². The molecule has 0 saturated carbocycles. The Morgan fingerprint density at radius 3 is 2.62 bits per heavy atom. The molecule has 0 saturated heterocycles. The summed E-state index contributed by atoms with van der Waals surface area (Å²) >= 11 is 0. The molecule has 0 unspecified atom stereocenters. The quantitative estimate of drug-likeness (QED) is 0.185. The number of ether oxygens (including phenoxy) is 2. The van der Waals surface area contributed by atoms with Crippen LogP contribution in [0.15, 0.2) is 51.7 Å². The maximum atomic E-state index is 12.5. The minimum atomic E-state index is -0.952. The Morgan fingerprint density at radius 1 is 1.12 bits per heavy atom. The van der Waals surface area contributed by atoms with Gasteiger partial charge in [0.15, 0.2) is 0 Å². The molecule has 0 spiro atoms. The number of carbonyl (C=O) groups excluding carboxylic acids is 3. The summed E-state index contributed by atoms with van der Waals surface area (Å²) in [6.45, 7) is -1.06. The van der Waals surface area contributed by atoms with Gasteiger partial charge in [-0.1, -0.05) is 6.07 Å². The number of rotatable bonds is 6. The highest BCUT2D eigenvalue weighted by molar-refractivity contribution is 6.24. The van der Waals surface area contributed by atoms with Gasteiger partial charge in [-0.2, -0.15) is 0 Å². The Balaban J connectivity index is 1.51. The number of carbonyl (C=O) groups is 3. The number of nitro groups is 1. The van der Waals surface area contributed by atoms with Crippen molar-refractivity contribution in [1.82, 2.24) is 4.90 Å². The molecule has 0 atom stereocenters. The van der Waals surface area contributed by atoms with Crippen molar-refractivity contribution in [3.8, 4) is 5.75 Å². The van der Waals surface area contributed by atoms with Crippen molar-refractivity contribution in [1.29, 1.82) is 0 Å². The Morgan fingerprint density at radius 2 is 1.91 bits per heavy atom. The van der Waals surface area contributed by atoms with E-state index in [-0.39, 0.29) is 23.3 Å². The Bertz CT molecular complexity index is 1360. The van der Waals surface area contributed by atoms with E-state index in [0.29, 0.717) is 21.6 Å². The van der Waals surface area contributed by atoms with E-state index in [1.54, 1.807) is 12.1 Å². The molecule has 1 aromatic heterocycles. The van der Waals surface area contributed by atoms with Crippen molar-refractivity contribution in [3.63, 3.8) is 0 Å². The predicted octanol–water partition coefficient (Wildman–Crippen LogP) is 2.05. The summed E-state index contributed by atoms with van der Waals surface area (Å²) in [5.74, 6) is -2.25. The fourth-order valence-corrected chi connectivity index (χ4v) is 3.40. The van der Waals surface area contributed by atoms with Gasteiger partial charge < -0.3 is 13.9 Å². The number of esters is 1. The lowest BCUT2D eigenvalue weighted by Gasteiger charge is -2.13. The lowest BCUT2D eigenvalue weighted by molar-refractivity contribution is -0.385. The fraction of sp³-hybridized carbons (Fsp3) is 0.143. The highest BCUT2D eigenvalue weighted by atomic mass is 16.6. The number of amides is 2. The second-order valence-corrected chi connectivity index (χ2v) is 6.77. The molecule has 11 heteroatoms. The number of imide groups is 1. The summed E-state index contributed by atoms with van der Waals surface area (Å²) in [7, 11) is 1.46. The predicted molar refractivity (Wildman–Crippen MR) is 107 cm³/mol. The zero-order valence-corrected chi connectivity index (χ0v) is 16.5. The molecular formula is C21H14N2O9. The van der Waals surface area contributed by atoms with Gasteiger partial charge in [0.25, 0.3) is 17.5 Å². The van der Waals surface area contributed by atoms with Crippen LogP contribution in [-0.4, -0.2) is 41.3 Å². The van der Waals surface area contributed by atoms with Crippen LogP contribution >= 0.6 is 0 Å². The van der Waals surface area contributed by atoms with Crippen LogP contribution < -0.4 is 10.4 Å². The summed E-state index contributed by atoms with van der Waals surface area (Å²) < 4.78 is 15.4. The molecule has 0 fully saturated rings. The summed E-state index contributed by atoms with van der Waals surface area (Å²) in [5.41, 5.74) is -1.12. The van der Waals surface area contributed by atoms with E-state index in [9.17, 15) is 29.3 Å². The summed E-state index contributed by atoms with van der Waals surface area (Å²) in [5, 5.41) is 11.7. The van der Waals surface area contributed by atoms with Gasteiger partial charge in [-0.15, -0.1) is 0 Å². The molecule has 162 valence electrons. The van der Waals surface area contributed by atoms with E-state index in [4.69, 9.17) is 13.9 Å². The van der Waals surface area contributed by atoms with Crippen LogP contribution in [0.4, 0.5) is 5.69 Å². The summed E-state index contributed by atoms with van der Waals surface area (Å²) in [6, 6.07) is 9.60. The van der Waals surface area contributed by atoms with E-state index >= 15 is 0 Å². The lowest BCUT2D eigenvalue weighted by atomic mass is 10.1. The fourth-order valence-electron chi connectivity index (χ4n) is 3.40. The van der Waals surface area contributed by atoms with Crippen LogP contribution in [0.1, 0.15) is 26.3 Å². The summed E-state index contributed by atoms with van der Waals surface area (Å²) in [4.78, 5) is 60.2. The Kier molecular flexibility index (Phi) is 5.15. The van der Waals surface area contributed by atoms with Crippen LogP contribution in [0, 0.1) is 10.1 Å². The van der Waals surface area contributed by atoms with E-state index in [1.165, 1.54) is 25.3 Å². The molecule has 2 aromatic carbocycles. The molecule has 1 aliphatic heterocycles. The Hall–Kier alpha value is -4.54. The highest BCUT2D eigenvalue weighted by Gasteiger charge is 2.41. The monoisotopic (exact) mass is 438 g/mol. The van der Waals surface area contributed by atoms with Gasteiger partial charge in [-0.25, -0.2) is 4.79 Å². The normalized spacial score (nSPS) is 12.7. The van der Waals surface area contributed by atoms with Crippen LogP contribution in [0.25, 0.3) is 11.0 Å². The van der Waals surface area contributed by atoms with Crippen molar-refractivity contribution in [2.75, 3.05) is 13.7 Å². The second-order valence-electron chi connectivity index (χ2n) is 6.77. The van der Waals surface area contributed by atoms with Gasteiger partial charge in [0.1, 0.15) is 30.0 Å².